The summed E-state index contributed by atoms with van der Waals surface area (Å²) in [5.74, 6) is -1.04. The second-order valence-corrected chi connectivity index (χ2v) is 4.40. The largest absolute Gasteiger partial charge is 0.288 e. The monoisotopic (exact) mass is 283 g/mol. The summed E-state index contributed by atoms with van der Waals surface area (Å²) in [6, 6.07) is 12.5. The molecule has 1 aliphatic rings. The van der Waals surface area contributed by atoms with Crippen molar-refractivity contribution < 1.29 is 14.6 Å². The Morgan fingerprint density at radius 1 is 0.905 bits per heavy atom. The lowest BCUT2D eigenvalue weighted by atomic mass is 10.1. The van der Waals surface area contributed by atoms with Gasteiger partial charge in [-0.2, -0.15) is 0 Å². The van der Waals surface area contributed by atoms with Crippen LogP contribution in [-0.2, 0) is 0 Å². The molecule has 0 aliphatic carbocycles. The predicted molar refractivity (Wildman–Crippen MR) is 73.8 cm³/mol. The first-order valence-electron chi connectivity index (χ1n) is 6.07. The molecular weight excluding hydrogens is 274 g/mol. The number of nitrogens with one attached hydrogen (secondary N) is 1. The van der Waals surface area contributed by atoms with E-state index in [1.54, 1.807) is 30.3 Å². The first-order valence-corrected chi connectivity index (χ1v) is 6.07. The smallest absolute Gasteiger partial charge is 0.259 e. The van der Waals surface area contributed by atoms with Crippen LogP contribution in [0.1, 0.15) is 20.7 Å². The van der Waals surface area contributed by atoms with Crippen molar-refractivity contribution in [1.29, 1.82) is 0 Å². The second-order valence-electron chi connectivity index (χ2n) is 4.40. The van der Waals surface area contributed by atoms with Gasteiger partial charge in [0.05, 0.1) is 11.1 Å². The molecule has 0 aromatic heterocycles. The van der Waals surface area contributed by atoms with Crippen molar-refractivity contribution in [1.82, 2.24) is 5.32 Å². The van der Waals surface area contributed by atoms with Crippen molar-refractivity contribution in [2.45, 2.75) is 0 Å². The van der Waals surface area contributed by atoms with Crippen LogP contribution >= 0.6 is 0 Å². The van der Waals surface area contributed by atoms with E-state index in [-0.39, 0.29) is 16.8 Å². The third-order valence-electron chi connectivity index (χ3n) is 3.13. The molecule has 3 rings (SSSR count). The molecule has 0 fully saturated rings. The number of amides is 2. The molecule has 2 aromatic rings. The molecule has 0 atom stereocenters. The highest BCUT2D eigenvalue weighted by Gasteiger charge is 2.29. The number of benzene rings is 2. The summed E-state index contributed by atoms with van der Waals surface area (Å²) in [6.45, 7) is 0. The highest BCUT2D eigenvalue weighted by Crippen LogP contribution is 2.28. The molecule has 7 nitrogen and oxygen atoms in total. The number of carbonyl (C=O) groups excluding carboxylic acids is 2. The quantitative estimate of drug-likeness (QED) is 0.527. The number of hydrogen-bond donors (Lipinski definition) is 1. The van der Waals surface area contributed by atoms with Gasteiger partial charge in [0.2, 0.25) is 0 Å². The van der Waals surface area contributed by atoms with Gasteiger partial charge in [0.1, 0.15) is 11.4 Å². The molecule has 0 unspecified atom stereocenters. The zero-order valence-corrected chi connectivity index (χ0v) is 10.6. The van der Waals surface area contributed by atoms with Gasteiger partial charge in [0.25, 0.3) is 11.8 Å². The van der Waals surface area contributed by atoms with E-state index in [4.69, 9.17) is 0 Å². The average Bonchev–Trinajstić information content (AvgIpc) is 2.75. The fraction of sp³-hybridized carbons (Fsp3) is 0. The standard InChI is InChI=1S/C14H9N3O4/c18-13-11-7-6-10(8-12(11)14(19)15-13)16(17(20)21)9-4-2-1-3-5-9/h1-8H,(H,15,18,19). The molecule has 104 valence electrons. The summed E-state index contributed by atoms with van der Waals surface area (Å²) in [5.41, 5.74) is 0.919. The zero-order chi connectivity index (χ0) is 15.0. The Kier molecular flexibility index (Phi) is 2.87. The Balaban J connectivity index is 2.10. The summed E-state index contributed by atoms with van der Waals surface area (Å²) < 4.78 is 0. The minimum absolute atomic E-state index is 0.139. The Hall–Kier alpha value is -3.22. The van der Waals surface area contributed by atoms with Gasteiger partial charge >= 0.3 is 0 Å². The van der Waals surface area contributed by atoms with E-state index in [1.165, 1.54) is 18.2 Å². The summed E-state index contributed by atoms with van der Waals surface area (Å²) >= 11 is 0. The summed E-state index contributed by atoms with van der Waals surface area (Å²) in [7, 11) is 0. The van der Waals surface area contributed by atoms with Gasteiger partial charge in [-0.05, 0) is 30.3 Å². The van der Waals surface area contributed by atoms with Crippen molar-refractivity contribution in [3.8, 4) is 0 Å². The number of anilines is 2. The Bertz CT molecular complexity index is 758. The van der Waals surface area contributed by atoms with Gasteiger partial charge in [-0.15, -0.1) is 0 Å². The minimum atomic E-state index is -0.578. The van der Waals surface area contributed by atoms with Crippen molar-refractivity contribution in [3.05, 3.63) is 69.8 Å². The number of hydrogen-bond acceptors (Lipinski definition) is 4. The maximum Gasteiger partial charge on any atom is 0.259 e. The SMILES string of the molecule is O=C1NC(=O)c2cc(N(c3ccccc3)[N+](=O)[O-])ccc21. The molecule has 0 spiro atoms. The summed E-state index contributed by atoms with van der Waals surface area (Å²) in [6.07, 6.45) is 0. The van der Waals surface area contributed by atoms with Crippen LogP contribution in [-0.4, -0.2) is 16.8 Å². The van der Waals surface area contributed by atoms with E-state index in [0.29, 0.717) is 5.69 Å². The molecule has 1 aliphatic heterocycles. The maximum atomic E-state index is 11.6. The average molecular weight is 283 g/mol. The molecule has 0 saturated heterocycles. The highest BCUT2D eigenvalue weighted by molar-refractivity contribution is 6.21. The maximum absolute atomic E-state index is 11.6. The van der Waals surface area contributed by atoms with E-state index in [0.717, 1.165) is 5.01 Å². The Labute approximate surface area is 118 Å². The molecule has 1 heterocycles. The molecule has 2 aromatic carbocycles. The number of carbonyl (C=O) groups is 2. The van der Waals surface area contributed by atoms with Crippen LogP contribution in [0.3, 0.4) is 0 Å². The van der Waals surface area contributed by atoms with Crippen LogP contribution in [0.2, 0.25) is 0 Å². The third kappa shape index (κ3) is 2.10. The third-order valence-corrected chi connectivity index (χ3v) is 3.13. The van der Waals surface area contributed by atoms with Crippen LogP contribution < -0.4 is 10.3 Å². The number of nitro groups is 1. The fourth-order valence-electron chi connectivity index (χ4n) is 2.19. The van der Waals surface area contributed by atoms with E-state index < -0.39 is 16.8 Å². The van der Waals surface area contributed by atoms with Crippen LogP contribution in [0.25, 0.3) is 0 Å². The molecular formula is C14H9N3O4. The van der Waals surface area contributed by atoms with Crippen LogP contribution in [0.5, 0.6) is 0 Å². The lowest BCUT2D eigenvalue weighted by Gasteiger charge is -2.14. The van der Waals surface area contributed by atoms with Crippen molar-refractivity contribution >= 4 is 23.2 Å². The van der Waals surface area contributed by atoms with Crippen LogP contribution in [0, 0.1) is 10.1 Å². The van der Waals surface area contributed by atoms with Crippen molar-refractivity contribution in [2.24, 2.45) is 0 Å². The number of rotatable bonds is 3. The van der Waals surface area contributed by atoms with Crippen LogP contribution in [0.15, 0.2) is 48.5 Å². The second kappa shape index (κ2) is 4.71. The molecule has 1 N–H and O–H groups in total. The highest BCUT2D eigenvalue weighted by atomic mass is 16.7. The van der Waals surface area contributed by atoms with E-state index in [1.807, 2.05) is 0 Å². The number of fused-ring (bicyclic) bond motifs is 1. The molecule has 2 amide bonds. The number of imide groups is 1. The number of hydrazine groups is 1. The number of para-hydroxylation sites is 1. The van der Waals surface area contributed by atoms with Gasteiger partial charge in [0, 0.05) is 0 Å². The van der Waals surface area contributed by atoms with Crippen molar-refractivity contribution in [3.63, 3.8) is 0 Å². The predicted octanol–water partition coefficient (Wildman–Crippen LogP) is 1.90. The summed E-state index contributed by atoms with van der Waals surface area (Å²) in [4.78, 5) is 34.4. The van der Waals surface area contributed by atoms with Gasteiger partial charge in [-0.25, -0.2) is 10.1 Å². The molecule has 0 saturated carbocycles. The summed E-state index contributed by atoms with van der Waals surface area (Å²) in [5, 5.41) is 13.7. The normalized spacial score (nSPS) is 12.8. The van der Waals surface area contributed by atoms with E-state index >= 15 is 0 Å². The van der Waals surface area contributed by atoms with E-state index in [2.05, 4.69) is 5.32 Å². The number of nitrogens with zero attached hydrogens (tertiary/aromatic N) is 2. The topological polar surface area (TPSA) is 92.6 Å². The fourth-order valence-corrected chi connectivity index (χ4v) is 2.19. The van der Waals surface area contributed by atoms with Gasteiger partial charge in [-0.3, -0.25) is 14.9 Å². The van der Waals surface area contributed by atoms with Gasteiger partial charge < -0.3 is 0 Å². The first kappa shape index (κ1) is 12.8. The molecule has 0 bridgehead atoms. The lowest BCUT2D eigenvalue weighted by molar-refractivity contribution is -0.483. The van der Waals surface area contributed by atoms with Crippen LogP contribution in [0.4, 0.5) is 11.4 Å². The molecule has 7 heteroatoms. The zero-order valence-electron chi connectivity index (χ0n) is 10.6. The molecule has 21 heavy (non-hydrogen) atoms. The Morgan fingerprint density at radius 3 is 2.24 bits per heavy atom. The van der Waals surface area contributed by atoms with Gasteiger partial charge in [0.15, 0.2) is 5.03 Å². The lowest BCUT2D eigenvalue weighted by Crippen LogP contribution is -2.24. The van der Waals surface area contributed by atoms with Crippen molar-refractivity contribution in [2.75, 3.05) is 5.01 Å². The van der Waals surface area contributed by atoms with E-state index in [9.17, 15) is 19.7 Å². The minimum Gasteiger partial charge on any atom is -0.288 e. The van der Waals surface area contributed by atoms with Gasteiger partial charge in [-0.1, -0.05) is 23.2 Å². The first-order chi connectivity index (χ1) is 10.1. The molecule has 0 radical (unpaired) electrons. The Morgan fingerprint density at radius 2 is 1.57 bits per heavy atom.